The number of aliphatic hydroxyl groups is 5. The molecule has 0 bridgehead atoms. The van der Waals surface area contributed by atoms with Crippen molar-refractivity contribution in [1.82, 2.24) is 0 Å². The lowest BCUT2D eigenvalue weighted by atomic mass is 10.0. The molecule has 0 aliphatic rings. The van der Waals surface area contributed by atoms with E-state index in [-0.39, 0.29) is 0 Å². The van der Waals surface area contributed by atoms with Crippen LogP contribution >= 0.6 is 12.6 Å². The molecule has 78 valence electrons. The Labute approximate surface area is 79.9 Å². The molecule has 0 aliphatic carbocycles. The normalized spacial score (nSPS) is 20.5. The van der Waals surface area contributed by atoms with Crippen LogP contribution < -0.4 is 0 Å². The number of hydrogen-bond acceptors (Lipinski definition) is 6. The first-order valence-electron chi connectivity index (χ1n) is 3.47. The topological polar surface area (TPSA) is 118 Å². The highest BCUT2D eigenvalue weighted by atomic mass is 32.1. The Balaban J connectivity index is 4.24. The Hall–Kier alpha value is -0.180. The van der Waals surface area contributed by atoms with Gasteiger partial charge in [-0.15, -0.1) is 12.6 Å². The molecule has 0 saturated carbocycles. The van der Waals surface area contributed by atoms with Gasteiger partial charge in [-0.2, -0.15) is 0 Å². The van der Waals surface area contributed by atoms with E-state index >= 15 is 0 Å². The molecule has 0 heterocycles. The molecular formula is C6H12O6S. The van der Waals surface area contributed by atoms with E-state index in [0.29, 0.717) is 0 Å². The van der Waals surface area contributed by atoms with Crippen molar-refractivity contribution in [1.29, 1.82) is 0 Å². The van der Waals surface area contributed by atoms with Crippen LogP contribution in [0.3, 0.4) is 0 Å². The average molecular weight is 212 g/mol. The molecule has 0 fully saturated rings. The summed E-state index contributed by atoms with van der Waals surface area (Å²) >= 11 is 3.22. The predicted molar refractivity (Wildman–Crippen MR) is 45.1 cm³/mol. The summed E-state index contributed by atoms with van der Waals surface area (Å²) in [6, 6.07) is 0. The zero-order chi connectivity index (χ0) is 10.6. The largest absolute Gasteiger partial charge is 0.394 e. The van der Waals surface area contributed by atoms with Crippen LogP contribution in [0.2, 0.25) is 0 Å². The fourth-order valence-corrected chi connectivity index (χ4v) is 0.821. The van der Waals surface area contributed by atoms with Crippen molar-refractivity contribution >= 4 is 17.7 Å². The van der Waals surface area contributed by atoms with Crippen LogP contribution in [0.5, 0.6) is 0 Å². The molecular weight excluding hydrogens is 200 g/mol. The average Bonchev–Trinajstić information content (AvgIpc) is 2.12. The molecule has 6 nitrogen and oxygen atoms in total. The van der Waals surface area contributed by atoms with Gasteiger partial charge in [-0.05, 0) is 0 Å². The Morgan fingerprint density at radius 1 is 1.15 bits per heavy atom. The molecule has 5 N–H and O–H groups in total. The Morgan fingerprint density at radius 2 is 1.62 bits per heavy atom. The van der Waals surface area contributed by atoms with Gasteiger partial charge in [0, 0.05) is 0 Å². The highest BCUT2D eigenvalue weighted by Crippen LogP contribution is 2.06. The van der Waals surface area contributed by atoms with Crippen LogP contribution in [-0.2, 0) is 4.79 Å². The van der Waals surface area contributed by atoms with Crippen molar-refractivity contribution in [2.75, 3.05) is 6.61 Å². The second kappa shape index (κ2) is 5.53. The molecule has 0 rings (SSSR count). The minimum Gasteiger partial charge on any atom is -0.394 e. The summed E-state index contributed by atoms with van der Waals surface area (Å²) in [5.74, 6) is 0. The highest BCUT2D eigenvalue weighted by Gasteiger charge is 2.32. The van der Waals surface area contributed by atoms with Crippen molar-refractivity contribution in [3.05, 3.63) is 0 Å². The summed E-state index contributed by atoms with van der Waals surface area (Å²) in [7, 11) is 0. The molecule has 0 aromatic heterocycles. The monoisotopic (exact) mass is 212 g/mol. The molecule has 0 aromatic rings. The zero-order valence-corrected chi connectivity index (χ0v) is 7.50. The number of aliphatic hydroxyl groups excluding tert-OH is 5. The third-order valence-electron chi connectivity index (χ3n) is 1.51. The van der Waals surface area contributed by atoms with Gasteiger partial charge < -0.3 is 25.5 Å². The van der Waals surface area contributed by atoms with E-state index in [4.69, 9.17) is 25.5 Å². The van der Waals surface area contributed by atoms with E-state index in [0.717, 1.165) is 0 Å². The predicted octanol–water partition coefficient (Wildman–Crippen LogP) is -3.12. The summed E-state index contributed by atoms with van der Waals surface area (Å²) in [6.45, 7) is -0.786. The van der Waals surface area contributed by atoms with Crippen molar-refractivity contribution in [2.45, 2.75) is 24.4 Å². The molecule has 0 spiro atoms. The van der Waals surface area contributed by atoms with Crippen LogP contribution in [0, 0.1) is 0 Å². The first-order chi connectivity index (χ1) is 5.91. The summed E-state index contributed by atoms with van der Waals surface area (Å²) in [5, 5.41) is 43.1. The van der Waals surface area contributed by atoms with E-state index in [9.17, 15) is 4.79 Å². The quantitative estimate of drug-likeness (QED) is 0.268. The number of carbonyl (C=O) groups is 1. The Kier molecular flexibility index (Phi) is 5.45. The van der Waals surface area contributed by atoms with E-state index in [2.05, 4.69) is 12.6 Å². The molecule has 0 radical (unpaired) electrons. The second-order valence-corrected chi connectivity index (χ2v) is 2.95. The maximum atomic E-state index is 10.4. The van der Waals surface area contributed by atoms with Gasteiger partial charge in [-0.1, -0.05) is 0 Å². The Bertz CT molecular complexity index is 175. The minimum atomic E-state index is -1.89. The fourth-order valence-electron chi connectivity index (χ4n) is 0.668. The van der Waals surface area contributed by atoms with E-state index < -0.39 is 36.1 Å². The highest BCUT2D eigenvalue weighted by molar-refractivity contribution is 7.96. The number of thiol groups is 1. The lowest BCUT2D eigenvalue weighted by molar-refractivity contribution is -0.139. The van der Waals surface area contributed by atoms with Gasteiger partial charge in [0.25, 0.3) is 0 Å². The van der Waals surface area contributed by atoms with Gasteiger partial charge in [0.15, 0.2) is 6.10 Å². The van der Waals surface area contributed by atoms with Crippen LogP contribution in [0.15, 0.2) is 0 Å². The lowest BCUT2D eigenvalue weighted by Crippen LogP contribution is -2.47. The molecule has 4 unspecified atom stereocenters. The van der Waals surface area contributed by atoms with E-state index in [1.54, 1.807) is 0 Å². The Morgan fingerprint density at radius 3 is 1.92 bits per heavy atom. The standard InChI is InChI=1S/C6H12O6S/c7-1-2(8)3(9)4(10)5(11)6(12)13/h2-5,7-11H,1H2,(H,12,13). The van der Waals surface area contributed by atoms with Crippen LogP contribution in [0.25, 0.3) is 0 Å². The third kappa shape index (κ3) is 3.59. The summed E-state index contributed by atoms with van der Waals surface area (Å²) in [6.07, 6.45) is -7.17. The molecule has 13 heavy (non-hydrogen) atoms. The molecule has 0 aliphatic heterocycles. The van der Waals surface area contributed by atoms with Crippen molar-refractivity contribution in [2.24, 2.45) is 0 Å². The van der Waals surface area contributed by atoms with Gasteiger partial charge in [-0.25, -0.2) is 0 Å². The van der Waals surface area contributed by atoms with Crippen molar-refractivity contribution in [3.8, 4) is 0 Å². The van der Waals surface area contributed by atoms with Gasteiger partial charge in [0.1, 0.15) is 18.3 Å². The number of hydrogen-bond donors (Lipinski definition) is 6. The van der Waals surface area contributed by atoms with Gasteiger partial charge in [-0.3, -0.25) is 4.79 Å². The van der Waals surface area contributed by atoms with Crippen LogP contribution in [0.1, 0.15) is 0 Å². The molecule has 7 heteroatoms. The smallest absolute Gasteiger partial charge is 0.217 e. The van der Waals surface area contributed by atoms with E-state index in [1.807, 2.05) is 0 Å². The number of rotatable bonds is 5. The van der Waals surface area contributed by atoms with Crippen molar-refractivity contribution < 1.29 is 30.3 Å². The lowest BCUT2D eigenvalue weighted by Gasteiger charge is -2.23. The van der Waals surface area contributed by atoms with Gasteiger partial charge in [0.05, 0.1) is 6.61 Å². The molecule has 4 atom stereocenters. The van der Waals surface area contributed by atoms with Gasteiger partial charge >= 0.3 is 0 Å². The zero-order valence-electron chi connectivity index (χ0n) is 6.61. The maximum Gasteiger partial charge on any atom is 0.217 e. The number of carbonyl (C=O) groups excluding carboxylic acids is 1. The first-order valence-corrected chi connectivity index (χ1v) is 3.92. The van der Waals surface area contributed by atoms with Crippen LogP contribution in [0.4, 0.5) is 0 Å². The maximum absolute atomic E-state index is 10.4. The van der Waals surface area contributed by atoms with Crippen LogP contribution in [-0.4, -0.2) is 61.7 Å². The van der Waals surface area contributed by atoms with E-state index in [1.165, 1.54) is 0 Å². The molecule has 0 amide bonds. The SMILES string of the molecule is O=C(S)C(O)C(O)C(O)C(O)CO. The molecule has 0 aromatic carbocycles. The third-order valence-corrected chi connectivity index (χ3v) is 1.77. The second-order valence-electron chi connectivity index (χ2n) is 2.51. The first kappa shape index (κ1) is 12.8. The fraction of sp³-hybridized carbons (Fsp3) is 0.833. The van der Waals surface area contributed by atoms with Gasteiger partial charge in [0.2, 0.25) is 5.12 Å². The summed E-state index contributed by atoms with van der Waals surface area (Å²) < 4.78 is 0. The summed E-state index contributed by atoms with van der Waals surface area (Å²) in [5.41, 5.74) is 0. The van der Waals surface area contributed by atoms with Crippen molar-refractivity contribution in [3.63, 3.8) is 0 Å². The summed E-state index contributed by atoms with van der Waals surface area (Å²) in [4.78, 5) is 10.4. The minimum absolute atomic E-state index is 0.786. The molecule has 0 saturated heterocycles.